The van der Waals surface area contributed by atoms with Gasteiger partial charge in [0.05, 0.1) is 11.3 Å². The van der Waals surface area contributed by atoms with Crippen molar-refractivity contribution in [2.24, 2.45) is 7.05 Å². The lowest BCUT2D eigenvalue weighted by atomic mass is 10.1. The van der Waals surface area contributed by atoms with Gasteiger partial charge in [-0.25, -0.2) is 9.78 Å². The molecule has 0 aliphatic rings. The van der Waals surface area contributed by atoms with E-state index >= 15 is 0 Å². The van der Waals surface area contributed by atoms with Crippen LogP contribution in [0.4, 0.5) is 0 Å². The van der Waals surface area contributed by atoms with E-state index in [1.807, 2.05) is 45.0 Å². The van der Waals surface area contributed by atoms with Gasteiger partial charge in [-0.1, -0.05) is 30.3 Å². The first-order valence-corrected chi connectivity index (χ1v) is 10.1. The van der Waals surface area contributed by atoms with Gasteiger partial charge < -0.3 is 9.30 Å². The first-order valence-electron chi connectivity index (χ1n) is 10.1. The van der Waals surface area contributed by atoms with Crippen molar-refractivity contribution in [3.05, 3.63) is 82.4 Å². The fraction of sp³-hybridized carbons (Fsp3) is 0.250. The van der Waals surface area contributed by atoms with Gasteiger partial charge in [0, 0.05) is 42.1 Å². The first kappa shape index (κ1) is 20.5. The van der Waals surface area contributed by atoms with Gasteiger partial charge in [0.25, 0.3) is 0 Å². The van der Waals surface area contributed by atoms with Crippen molar-refractivity contribution in [1.29, 1.82) is 0 Å². The van der Waals surface area contributed by atoms with Crippen LogP contribution in [0.5, 0.6) is 0 Å². The Hall–Kier alpha value is -3.74. The minimum absolute atomic E-state index is 0.229. The lowest BCUT2D eigenvalue weighted by Crippen LogP contribution is -2.15. The SMILES string of the molecule is Cc1nn(C)c2ncc(C(=O)OCC(=O)c3cc(C)n(Cc4ccccc4)c3C)cc12. The third-order valence-electron chi connectivity index (χ3n) is 5.49. The molecule has 4 aromatic rings. The molecule has 0 spiro atoms. The molecule has 4 rings (SSSR count). The van der Waals surface area contributed by atoms with Crippen LogP contribution in [-0.2, 0) is 18.3 Å². The zero-order valence-electron chi connectivity index (χ0n) is 18.0. The molecule has 1 aromatic carbocycles. The van der Waals surface area contributed by atoms with Crippen molar-refractivity contribution in [2.75, 3.05) is 6.61 Å². The Morgan fingerprint density at radius 1 is 1.06 bits per heavy atom. The van der Waals surface area contributed by atoms with Crippen LogP contribution in [0.25, 0.3) is 11.0 Å². The summed E-state index contributed by atoms with van der Waals surface area (Å²) in [4.78, 5) is 29.6. The Morgan fingerprint density at radius 2 is 1.81 bits per heavy atom. The Balaban J connectivity index is 1.47. The van der Waals surface area contributed by atoms with Crippen LogP contribution < -0.4 is 0 Å². The summed E-state index contributed by atoms with van der Waals surface area (Å²) in [5.41, 5.74) is 5.33. The second kappa shape index (κ2) is 8.18. The number of fused-ring (bicyclic) bond motifs is 1. The maximum absolute atomic E-state index is 12.8. The highest BCUT2D eigenvalue weighted by Gasteiger charge is 2.19. The summed E-state index contributed by atoms with van der Waals surface area (Å²) >= 11 is 0. The highest BCUT2D eigenvalue weighted by atomic mass is 16.5. The van der Waals surface area contributed by atoms with Gasteiger partial charge >= 0.3 is 5.97 Å². The number of hydrogen-bond acceptors (Lipinski definition) is 5. The number of Topliss-reactive ketones (excluding diaryl/α,β-unsaturated/α-hetero) is 1. The number of aromatic nitrogens is 4. The molecule has 7 heteroatoms. The number of ether oxygens (including phenoxy) is 1. The molecule has 3 aromatic heterocycles. The molecule has 0 fully saturated rings. The minimum Gasteiger partial charge on any atom is -0.454 e. The van der Waals surface area contributed by atoms with Gasteiger partial charge in [0.1, 0.15) is 0 Å². The van der Waals surface area contributed by atoms with Crippen LogP contribution >= 0.6 is 0 Å². The number of carbonyl (C=O) groups excluding carboxylic acids is 2. The molecule has 0 saturated carbocycles. The van der Waals surface area contributed by atoms with Crippen LogP contribution in [0.3, 0.4) is 0 Å². The number of rotatable bonds is 6. The van der Waals surface area contributed by atoms with E-state index in [-0.39, 0.29) is 12.4 Å². The zero-order valence-corrected chi connectivity index (χ0v) is 18.0. The number of pyridine rings is 1. The number of esters is 1. The molecule has 0 radical (unpaired) electrons. The Morgan fingerprint density at radius 3 is 2.55 bits per heavy atom. The quantitative estimate of drug-likeness (QED) is 0.353. The number of nitrogens with zero attached hydrogens (tertiary/aromatic N) is 4. The lowest BCUT2D eigenvalue weighted by molar-refractivity contribution is 0.0474. The fourth-order valence-corrected chi connectivity index (χ4v) is 3.80. The number of benzene rings is 1. The van der Waals surface area contributed by atoms with Crippen molar-refractivity contribution in [3.63, 3.8) is 0 Å². The van der Waals surface area contributed by atoms with E-state index in [0.717, 1.165) is 28.0 Å². The van der Waals surface area contributed by atoms with Gasteiger partial charge in [-0.2, -0.15) is 5.10 Å². The van der Waals surface area contributed by atoms with Crippen LogP contribution in [0, 0.1) is 20.8 Å². The topological polar surface area (TPSA) is 79.0 Å². The molecule has 0 saturated heterocycles. The Labute approximate surface area is 180 Å². The average molecular weight is 416 g/mol. The molecule has 0 bridgehead atoms. The molecule has 158 valence electrons. The summed E-state index contributed by atoms with van der Waals surface area (Å²) in [6.07, 6.45) is 1.45. The summed E-state index contributed by atoms with van der Waals surface area (Å²) in [5, 5.41) is 5.09. The smallest absolute Gasteiger partial charge is 0.340 e. The second-order valence-corrected chi connectivity index (χ2v) is 7.66. The molecular weight excluding hydrogens is 392 g/mol. The van der Waals surface area contributed by atoms with Crippen molar-refractivity contribution < 1.29 is 14.3 Å². The summed E-state index contributed by atoms with van der Waals surface area (Å²) in [6.45, 7) is 6.10. The number of hydrogen-bond donors (Lipinski definition) is 0. The van der Waals surface area contributed by atoms with E-state index in [4.69, 9.17) is 4.74 Å². The van der Waals surface area contributed by atoms with Crippen LogP contribution in [0.2, 0.25) is 0 Å². The molecule has 0 aliphatic carbocycles. The van der Waals surface area contributed by atoms with Crippen LogP contribution in [-0.4, -0.2) is 37.7 Å². The fourth-order valence-electron chi connectivity index (χ4n) is 3.80. The maximum atomic E-state index is 12.8. The molecule has 3 heterocycles. The van der Waals surface area contributed by atoms with Gasteiger partial charge in [0.2, 0.25) is 5.78 Å². The lowest BCUT2D eigenvalue weighted by Gasteiger charge is -2.10. The Bertz CT molecular complexity index is 1290. The van der Waals surface area contributed by atoms with E-state index in [1.165, 1.54) is 6.20 Å². The standard InChI is InChI=1S/C24H24N4O3/c1-15-10-21(17(3)28(15)13-18-8-6-5-7-9-18)22(29)14-31-24(30)19-11-20-16(2)26-27(4)23(20)25-12-19/h5-12H,13-14H2,1-4H3. The van der Waals surface area contributed by atoms with E-state index in [9.17, 15) is 9.59 Å². The second-order valence-electron chi connectivity index (χ2n) is 7.66. The minimum atomic E-state index is -0.580. The zero-order chi connectivity index (χ0) is 22.1. The summed E-state index contributed by atoms with van der Waals surface area (Å²) in [5.74, 6) is -0.809. The van der Waals surface area contributed by atoms with Gasteiger partial charge in [-0.15, -0.1) is 0 Å². The summed E-state index contributed by atoms with van der Waals surface area (Å²) < 4.78 is 9.05. The van der Waals surface area contributed by atoms with E-state index in [2.05, 4.69) is 26.8 Å². The monoisotopic (exact) mass is 416 g/mol. The Kier molecular flexibility index (Phi) is 5.42. The normalized spacial score (nSPS) is 11.1. The third kappa shape index (κ3) is 3.99. The van der Waals surface area contributed by atoms with E-state index in [1.54, 1.807) is 17.8 Å². The predicted molar refractivity (Wildman–Crippen MR) is 117 cm³/mol. The third-order valence-corrected chi connectivity index (χ3v) is 5.49. The van der Waals surface area contributed by atoms with Crippen molar-refractivity contribution in [2.45, 2.75) is 27.3 Å². The highest BCUT2D eigenvalue weighted by Crippen LogP contribution is 2.19. The average Bonchev–Trinajstić information content (AvgIpc) is 3.22. The molecule has 31 heavy (non-hydrogen) atoms. The van der Waals surface area contributed by atoms with Gasteiger partial charge in [0.15, 0.2) is 12.3 Å². The van der Waals surface area contributed by atoms with Gasteiger partial charge in [-0.3, -0.25) is 9.48 Å². The van der Waals surface area contributed by atoms with Crippen LogP contribution in [0.15, 0.2) is 48.7 Å². The summed E-state index contributed by atoms with van der Waals surface area (Å²) in [7, 11) is 1.80. The molecule has 7 nitrogen and oxygen atoms in total. The first-order chi connectivity index (χ1) is 14.8. The largest absolute Gasteiger partial charge is 0.454 e. The highest BCUT2D eigenvalue weighted by molar-refractivity contribution is 6.01. The maximum Gasteiger partial charge on any atom is 0.340 e. The molecule has 0 atom stereocenters. The number of ketones is 1. The van der Waals surface area contributed by atoms with Crippen molar-refractivity contribution in [1.82, 2.24) is 19.3 Å². The predicted octanol–water partition coefficient (Wildman–Crippen LogP) is 3.78. The number of aryl methyl sites for hydroxylation is 3. The van der Waals surface area contributed by atoms with E-state index in [0.29, 0.717) is 23.3 Å². The van der Waals surface area contributed by atoms with Crippen molar-refractivity contribution in [3.8, 4) is 0 Å². The molecular formula is C24H24N4O3. The van der Waals surface area contributed by atoms with Gasteiger partial charge in [-0.05, 0) is 38.5 Å². The van der Waals surface area contributed by atoms with Crippen molar-refractivity contribution >= 4 is 22.8 Å². The molecule has 0 unspecified atom stereocenters. The number of carbonyl (C=O) groups is 2. The molecule has 0 aliphatic heterocycles. The van der Waals surface area contributed by atoms with E-state index < -0.39 is 5.97 Å². The van der Waals surface area contributed by atoms with Crippen LogP contribution in [0.1, 0.15) is 43.4 Å². The summed E-state index contributed by atoms with van der Waals surface area (Å²) in [6, 6.07) is 13.6. The molecule has 0 N–H and O–H groups in total. The molecule has 0 amide bonds.